The Bertz CT molecular complexity index is 329. The molecule has 0 saturated carbocycles. The van der Waals surface area contributed by atoms with Gasteiger partial charge in [0.1, 0.15) is 0 Å². The van der Waals surface area contributed by atoms with Gasteiger partial charge in [0.2, 0.25) is 0 Å². The Hall–Kier alpha value is -1.90. The second kappa shape index (κ2) is 4.87. The molecule has 13 heavy (non-hydrogen) atoms. The molecule has 0 heterocycles. The summed E-state index contributed by atoms with van der Waals surface area (Å²) < 4.78 is 0. The topological polar surface area (TPSA) is 97.5 Å². The lowest BCUT2D eigenvalue weighted by Crippen LogP contribution is -2.08. The summed E-state index contributed by atoms with van der Waals surface area (Å²) in [6.45, 7) is 0.177. The van der Waals surface area contributed by atoms with Crippen molar-refractivity contribution in [1.29, 1.82) is 0 Å². The summed E-state index contributed by atoms with van der Waals surface area (Å²) in [6.07, 6.45) is 6.65. The Kier molecular flexibility index (Phi) is 3.45. The van der Waals surface area contributed by atoms with Crippen LogP contribution in [-0.2, 0) is 0 Å². The molecule has 0 fully saturated rings. The first-order valence-electron chi connectivity index (χ1n) is 3.80. The van der Waals surface area contributed by atoms with Gasteiger partial charge in [-0.2, -0.15) is 0 Å². The molecule has 0 saturated heterocycles. The fourth-order valence-electron chi connectivity index (χ4n) is 1.11. The smallest absolute Gasteiger partial charge is 0.0678 e. The predicted octanol–water partition coefficient (Wildman–Crippen LogP) is 2.86. The van der Waals surface area contributed by atoms with Crippen molar-refractivity contribution in [3.63, 3.8) is 0 Å². The minimum atomic E-state index is -0.361. The summed E-state index contributed by atoms with van der Waals surface area (Å²) in [5, 5.41) is 6.92. The fourth-order valence-corrected chi connectivity index (χ4v) is 1.11. The van der Waals surface area contributed by atoms with Crippen molar-refractivity contribution >= 4 is 0 Å². The first-order chi connectivity index (χ1) is 6.38. The first kappa shape index (κ1) is 9.19. The summed E-state index contributed by atoms with van der Waals surface area (Å²) >= 11 is 0. The lowest BCUT2D eigenvalue weighted by molar-refractivity contribution is 0.783. The summed E-state index contributed by atoms with van der Waals surface area (Å²) in [5.74, 6) is 0. The molecular weight excluding hydrogens is 168 g/mol. The van der Waals surface area contributed by atoms with Gasteiger partial charge in [-0.1, -0.05) is 28.5 Å². The van der Waals surface area contributed by atoms with E-state index >= 15 is 0 Å². The van der Waals surface area contributed by atoms with E-state index in [0.717, 1.165) is 12.0 Å². The highest BCUT2D eigenvalue weighted by Crippen LogP contribution is 2.16. The van der Waals surface area contributed by atoms with Gasteiger partial charge in [0.15, 0.2) is 0 Å². The quantitative estimate of drug-likeness (QED) is 0.357. The van der Waals surface area contributed by atoms with Crippen LogP contribution in [0.3, 0.4) is 0 Å². The molecule has 0 N–H and O–H groups in total. The van der Waals surface area contributed by atoms with E-state index < -0.39 is 0 Å². The normalized spacial score (nSPS) is 15.5. The van der Waals surface area contributed by atoms with Crippen LogP contribution < -0.4 is 0 Å². The summed E-state index contributed by atoms with van der Waals surface area (Å²) in [5.41, 5.74) is 17.3. The zero-order chi connectivity index (χ0) is 9.52. The molecule has 0 spiro atoms. The van der Waals surface area contributed by atoms with E-state index in [0.29, 0.717) is 0 Å². The number of nitrogens with zero attached hydrogens (tertiary/aromatic N) is 6. The highest BCUT2D eigenvalue weighted by Gasteiger charge is 2.10. The van der Waals surface area contributed by atoms with Gasteiger partial charge in [0, 0.05) is 16.4 Å². The van der Waals surface area contributed by atoms with Crippen molar-refractivity contribution in [2.24, 2.45) is 10.2 Å². The molecule has 1 atom stereocenters. The van der Waals surface area contributed by atoms with Gasteiger partial charge in [0.05, 0.1) is 6.04 Å². The molecular formula is C7H8N6. The van der Waals surface area contributed by atoms with Crippen LogP contribution in [0, 0.1) is 0 Å². The van der Waals surface area contributed by atoms with Gasteiger partial charge in [-0.15, -0.1) is 0 Å². The third-order valence-corrected chi connectivity index (χ3v) is 1.69. The number of azide groups is 2. The molecule has 0 bridgehead atoms. The molecule has 1 rings (SSSR count). The maximum Gasteiger partial charge on any atom is 0.0678 e. The molecule has 0 aromatic rings. The number of hydrogen-bond acceptors (Lipinski definition) is 2. The van der Waals surface area contributed by atoms with E-state index in [1.165, 1.54) is 0 Å². The number of allylic oxidation sites excluding steroid dienone is 2. The van der Waals surface area contributed by atoms with Gasteiger partial charge >= 0.3 is 0 Å². The Morgan fingerprint density at radius 2 is 2.31 bits per heavy atom. The second-order valence-corrected chi connectivity index (χ2v) is 2.48. The van der Waals surface area contributed by atoms with Crippen LogP contribution in [0.5, 0.6) is 0 Å². The molecule has 1 aliphatic rings. The summed E-state index contributed by atoms with van der Waals surface area (Å²) in [6, 6.07) is -0.361. The van der Waals surface area contributed by atoms with Crippen LogP contribution in [-0.4, -0.2) is 12.6 Å². The lowest BCUT2D eigenvalue weighted by Gasteiger charge is -2.05. The third kappa shape index (κ3) is 2.56. The van der Waals surface area contributed by atoms with Crippen LogP contribution in [0.25, 0.3) is 20.9 Å². The summed E-state index contributed by atoms with van der Waals surface area (Å²) in [7, 11) is 0. The number of rotatable bonds is 4. The Balaban J connectivity index is 2.71. The van der Waals surface area contributed by atoms with Crippen LogP contribution in [0.4, 0.5) is 0 Å². The molecule has 0 amide bonds. The van der Waals surface area contributed by atoms with E-state index in [1.807, 2.05) is 18.2 Å². The van der Waals surface area contributed by atoms with Gasteiger partial charge in [-0.3, -0.25) is 0 Å². The first-order valence-corrected chi connectivity index (χ1v) is 3.80. The van der Waals surface area contributed by atoms with E-state index in [4.69, 9.17) is 11.1 Å². The fraction of sp³-hybridized carbons (Fsp3) is 0.429. The predicted molar refractivity (Wildman–Crippen MR) is 48.8 cm³/mol. The minimum absolute atomic E-state index is 0.177. The van der Waals surface area contributed by atoms with E-state index in [9.17, 15) is 0 Å². The van der Waals surface area contributed by atoms with Crippen molar-refractivity contribution in [3.05, 3.63) is 44.7 Å². The molecule has 1 aliphatic carbocycles. The zero-order valence-corrected chi connectivity index (χ0v) is 6.91. The Morgan fingerprint density at radius 1 is 1.46 bits per heavy atom. The van der Waals surface area contributed by atoms with Gasteiger partial charge < -0.3 is 0 Å². The number of hydrogen-bond donors (Lipinski definition) is 0. The molecule has 66 valence electrons. The SMILES string of the molecule is [N-]=[N+]=NCC(N=[N+]=[N-])C1=CCC=C1. The summed E-state index contributed by atoms with van der Waals surface area (Å²) in [4.78, 5) is 5.32. The average molecular weight is 176 g/mol. The van der Waals surface area contributed by atoms with Crippen molar-refractivity contribution < 1.29 is 0 Å². The molecule has 0 radical (unpaired) electrons. The van der Waals surface area contributed by atoms with Crippen LogP contribution in [0.2, 0.25) is 0 Å². The van der Waals surface area contributed by atoms with Crippen molar-refractivity contribution in [2.75, 3.05) is 6.54 Å². The second-order valence-electron chi connectivity index (χ2n) is 2.48. The molecule has 0 aliphatic heterocycles. The highest BCUT2D eigenvalue weighted by atomic mass is 15.2. The van der Waals surface area contributed by atoms with Crippen molar-refractivity contribution in [3.8, 4) is 0 Å². The van der Waals surface area contributed by atoms with Crippen LogP contribution in [0.15, 0.2) is 34.0 Å². The van der Waals surface area contributed by atoms with E-state index in [1.54, 1.807) is 0 Å². The molecule has 1 unspecified atom stereocenters. The van der Waals surface area contributed by atoms with E-state index in [2.05, 4.69) is 20.1 Å². The Labute approximate surface area is 74.8 Å². The van der Waals surface area contributed by atoms with Crippen LogP contribution in [0.1, 0.15) is 6.42 Å². The lowest BCUT2D eigenvalue weighted by atomic mass is 10.1. The largest absolute Gasteiger partial charge is 0.0932 e. The molecule has 0 aromatic carbocycles. The standard InChI is InChI=1S/C7H8N6/c8-12-10-5-7(11-13-9)6-3-1-2-4-6/h1,3-4,7H,2,5H2. The zero-order valence-electron chi connectivity index (χ0n) is 6.91. The molecule has 0 aromatic heterocycles. The van der Waals surface area contributed by atoms with Gasteiger partial charge in [-0.05, 0) is 23.1 Å². The van der Waals surface area contributed by atoms with E-state index in [-0.39, 0.29) is 12.6 Å². The average Bonchev–Trinajstić information content (AvgIpc) is 2.65. The Morgan fingerprint density at radius 3 is 2.85 bits per heavy atom. The van der Waals surface area contributed by atoms with Gasteiger partial charge in [0.25, 0.3) is 0 Å². The van der Waals surface area contributed by atoms with Crippen molar-refractivity contribution in [2.45, 2.75) is 12.5 Å². The molecule has 6 heteroatoms. The van der Waals surface area contributed by atoms with Crippen molar-refractivity contribution in [1.82, 2.24) is 0 Å². The monoisotopic (exact) mass is 176 g/mol. The van der Waals surface area contributed by atoms with Gasteiger partial charge in [-0.25, -0.2) is 0 Å². The maximum absolute atomic E-state index is 8.27. The molecule has 6 nitrogen and oxygen atoms in total. The maximum atomic E-state index is 8.27. The van der Waals surface area contributed by atoms with Crippen LogP contribution >= 0.6 is 0 Å². The highest BCUT2D eigenvalue weighted by molar-refractivity contribution is 5.31. The third-order valence-electron chi connectivity index (χ3n) is 1.69. The minimum Gasteiger partial charge on any atom is -0.0932 e.